The summed E-state index contributed by atoms with van der Waals surface area (Å²) in [6.45, 7) is 6.12. The van der Waals surface area contributed by atoms with Crippen LogP contribution in [-0.4, -0.2) is 65.4 Å². The normalized spacial score (nSPS) is 19.5. The first-order chi connectivity index (χ1) is 11.1. The molecule has 1 saturated carbocycles. The molecule has 3 rings (SSSR count). The average Bonchev–Trinajstić information content (AvgIpc) is 3.30. The molecule has 0 atom stereocenters. The van der Waals surface area contributed by atoms with E-state index in [2.05, 4.69) is 25.6 Å². The first-order valence-corrected chi connectivity index (χ1v) is 8.93. The van der Waals surface area contributed by atoms with Gasteiger partial charge in [0, 0.05) is 43.3 Å². The van der Waals surface area contributed by atoms with Crippen molar-refractivity contribution in [3.63, 3.8) is 0 Å². The van der Waals surface area contributed by atoms with Crippen molar-refractivity contribution in [2.45, 2.75) is 32.2 Å². The highest BCUT2D eigenvalue weighted by atomic mass is 32.1. The molecule has 0 bridgehead atoms. The number of nitrogens with one attached hydrogen (secondary N) is 2. The Kier molecular flexibility index (Phi) is 5.24. The van der Waals surface area contributed by atoms with Crippen LogP contribution in [0.25, 0.3) is 0 Å². The third-order valence-electron chi connectivity index (χ3n) is 4.16. The summed E-state index contributed by atoms with van der Waals surface area (Å²) in [5.74, 6) is -0.417. The number of carbonyl (C=O) groups excluding carboxylic acids is 2. The second kappa shape index (κ2) is 7.37. The summed E-state index contributed by atoms with van der Waals surface area (Å²) in [5, 5.41) is 2.66. The highest BCUT2D eigenvalue weighted by molar-refractivity contribution is 7.09. The van der Waals surface area contributed by atoms with Gasteiger partial charge < -0.3 is 0 Å². The Morgan fingerprint density at radius 2 is 1.91 bits per heavy atom. The summed E-state index contributed by atoms with van der Waals surface area (Å²) in [4.78, 5) is 32.5. The highest BCUT2D eigenvalue weighted by Crippen LogP contribution is 2.27. The van der Waals surface area contributed by atoms with Gasteiger partial charge in [0.1, 0.15) is 5.01 Å². The van der Waals surface area contributed by atoms with Crippen molar-refractivity contribution >= 4 is 23.2 Å². The third-order valence-corrected chi connectivity index (χ3v) is 5.12. The molecule has 126 valence electrons. The molecule has 0 radical (unpaired) electrons. The quantitative estimate of drug-likeness (QED) is 0.735. The lowest BCUT2D eigenvalue weighted by atomic mass is 10.3. The molecule has 1 aromatic heterocycles. The smallest absolute Gasteiger partial charge is 0.252 e. The number of thiazole rings is 1. The van der Waals surface area contributed by atoms with Crippen LogP contribution < -0.4 is 10.9 Å². The van der Waals surface area contributed by atoms with Crippen molar-refractivity contribution in [1.82, 2.24) is 25.6 Å². The summed E-state index contributed by atoms with van der Waals surface area (Å²) in [6.07, 6.45) is 2.84. The summed E-state index contributed by atoms with van der Waals surface area (Å²) in [5.41, 5.74) is 5.85. The van der Waals surface area contributed by atoms with Crippen molar-refractivity contribution in [1.29, 1.82) is 0 Å². The van der Waals surface area contributed by atoms with Crippen molar-refractivity contribution < 1.29 is 9.59 Å². The van der Waals surface area contributed by atoms with Crippen molar-refractivity contribution in [2.24, 2.45) is 0 Å². The van der Waals surface area contributed by atoms with E-state index in [4.69, 9.17) is 0 Å². The predicted octanol–water partition coefficient (Wildman–Crippen LogP) is -0.0786. The fourth-order valence-corrected chi connectivity index (χ4v) is 3.54. The van der Waals surface area contributed by atoms with E-state index in [1.807, 2.05) is 12.3 Å². The molecule has 2 amide bonds. The van der Waals surface area contributed by atoms with Crippen LogP contribution >= 0.6 is 11.3 Å². The third kappa shape index (κ3) is 4.98. The van der Waals surface area contributed by atoms with Gasteiger partial charge in [-0.3, -0.25) is 30.2 Å². The molecular weight excluding hydrogens is 314 g/mol. The zero-order valence-corrected chi connectivity index (χ0v) is 14.2. The highest BCUT2D eigenvalue weighted by Gasteiger charge is 2.31. The summed E-state index contributed by atoms with van der Waals surface area (Å²) < 4.78 is 0. The monoisotopic (exact) mass is 337 g/mol. The zero-order chi connectivity index (χ0) is 16.2. The number of hydrazine groups is 1. The first-order valence-electron chi connectivity index (χ1n) is 8.05. The second-order valence-corrected chi connectivity index (χ2v) is 7.14. The van der Waals surface area contributed by atoms with Gasteiger partial charge in [-0.15, -0.1) is 11.3 Å². The van der Waals surface area contributed by atoms with Crippen LogP contribution in [0.5, 0.6) is 0 Å². The molecule has 1 saturated heterocycles. The molecule has 2 N–H and O–H groups in total. The molecule has 1 aromatic rings. The largest absolute Gasteiger partial charge is 0.298 e. The fourth-order valence-electron chi connectivity index (χ4n) is 2.77. The van der Waals surface area contributed by atoms with Crippen LogP contribution in [0.15, 0.2) is 5.38 Å². The van der Waals surface area contributed by atoms with Crippen LogP contribution in [0.2, 0.25) is 0 Å². The van der Waals surface area contributed by atoms with Gasteiger partial charge in [-0.25, -0.2) is 4.98 Å². The Hall–Kier alpha value is -1.51. The molecule has 0 aromatic carbocycles. The molecule has 1 aliphatic carbocycles. The zero-order valence-electron chi connectivity index (χ0n) is 13.4. The number of carbonyl (C=O) groups is 2. The minimum atomic E-state index is -0.244. The van der Waals surface area contributed by atoms with E-state index in [0.29, 0.717) is 6.54 Å². The summed E-state index contributed by atoms with van der Waals surface area (Å²) in [7, 11) is 0. The number of aryl methyl sites for hydroxylation is 1. The molecule has 2 aliphatic rings. The van der Waals surface area contributed by atoms with Gasteiger partial charge in [0.15, 0.2) is 0 Å². The molecular formula is C15H23N5O2S. The molecule has 0 spiro atoms. The topological polar surface area (TPSA) is 77.6 Å². The van der Waals surface area contributed by atoms with Crippen molar-refractivity contribution in [3.05, 3.63) is 16.1 Å². The van der Waals surface area contributed by atoms with Gasteiger partial charge in [-0.05, 0) is 19.8 Å². The lowest BCUT2D eigenvalue weighted by Crippen LogP contribution is -2.52. The number of piperazine rings is 1. The summed E-state index contributed by atoms with van der Waals surface area (Å²) >= 11 is 1.45. The van der Waals surface area contributed by atoms with Crippen molar-refractivity contribution in [3.8, 4) is 0 Å². The maximum Gasteiger partial charge on any atom is 0.252 e. The molecule has 7 nitrogen and oxygen atoms in total. The Bertz CT molecular complexity index is 564. The lowest BCUT2D eigenvalue weighted by Gasteiger charge is -2.34. The van der Waals surface area contributed by atoms with Gasteiger partial charge >= 0.3 is 0 Å². The minimum Gasteiger partial charge on any atom is -0.298 e. The molecule has 2 heterocycles. The van der Waals surface area contributed by atoms with E-state index in [1.54, 1.807) is 0 Å². The maximum atomic E-state index is 11.9. The van der Waals surface area contributed by atoms with Gasteiger partial charge in [-0.2, -0.15) is 0 Å². The standard InChI is InChI=1S/C15H23N5O2S/c1-11-10-23-15(16-11)8-13(21)17-18-14(22)9-19-4-6-20(7-5-19)12-2-3-12/h10,12H,2-9H2,1H3,(H,17,21)(H,18,22). The van der Waals surface area contributed by atoms with Crippen LogP contribution in [0.3, 0.4) is 0 Å². The molecule has 1 aliphatic heterocycles. The van der Waals surface area contributed by atoms with Crippen LogP contribution in [0, 0.1) is 6.92 Å². The van der Waals surface area contributed by atoms with Crippen LogP contribution in [-0.2, 0) is 16.0 Å². The Morgan fingerprint density at radius 3 is 2.52 bits per heavy atom. The molecule has 0 unspecified atom stereocenters. The van der Waals surface area contributed by atoms with Gasteiger partial charge in [0.25, 0.3) is 5.91 Å². The molecule has 2 fully saturated rings. The number of hydrogen-bond acceptors (Lipinski definition) is 6. The first kappa shape index (κ1) is 16.4. The number of rotatable bonds is 5. The SMILES string of the molecule is Cc1csc(CC(=O)NNC(=O)CN2CCN(C3CC3)CC2)n1. The number of nitrogens with zero attached hydrogens (tertiary/aromatic N) is 3. The number of amides is 2. The lowest BCUT2D eigenvalue weighted by molar-refractivity contribution is -0.129. The molecule has 23 heavy (non-hydrogen) atoms. The Labute approximate surface area is 140 Å². The predicted molar refractivity (Wildman–Crippen MR) is 87.9 cm³/mol. The van der Waals surface area contributed by atoms with E-state index in [1.165, 1.54) is 24.2 Å². The van der Waals surface area contributed by atoms with E-state index >= 15 is 0 Å². The Balaban J connectivity index is 1.32. The van der Waals surface area contributed by atoms with Crippen LogP contribution in [0.4, 0.5) is 0 Å². The van der Waals surface area contributed by atoms with E-state index in [9.17, 15) is 9.59 Å². The van der Waals surface area contributed by atoms with E-state index in [0.717, 1.165) is 42.9 Å². The maximum absolute atomic E-state index is 11.9. The van der Waals surface area contributed by atoms with Crippen molar-refractivity contribution in [2.75, 3.05) is 32.7 Å². The van der Waals surface area contributed by atoms with Gasteiger partial charge in [-0.1, -0.05) is 0 Å². The average molecular weight is 337 g/mol. The summed E-state index contributed by atoms with van der Waals surface area (Å²) in [6, 6.07) is 0.791. The van der Waals surface area contributed by atoms with Gasteiger partial charge in [0.05, 0.1) is 13.0 Å². The van der Waals surface area contributed by atoms with Crippen LogP contribution in [0.1, 0.15) is 23.5 Å². The van der Waals surface area contributed by atoms with E-state index < -0.39 is 0 Å². The number of hydrogen-bond donors (Lipinski definition) is 2. The number of aromatic nitrogens is 1. The second-order valence-electron chi connectivity index (χ2n) is 6.20. The molecule has 8 heteroatoms. The van der Waals surface area contributed by atoms with Gasteiger partial charge in [0.2, 0.25) is 5.91 Å². The minimum absolute atomic E-state index is 0.173. The van der Waals surface area contributed by atoms with E-state index in [-0.39, 0.29) is 18.2 Å². The fraction of sp³-hybridized carbons (Fsp3) is 0.667. The Morgan fingerprint density at radius 1 is 1.22 bits per heavy atom.